The molecule has 0 unspecified atom stereocenters. The molecule has 2 fully saturated rings. The van der Waals surface area contributed by atoms with Crippen molar-refractivity contribution in [1.82, 2.24) is 5.32 Å². The topological polar surface area (TPSA) is 45.0 Å². The van der Waals surface area contributed by atoms with Crippen LogP contribution < -0.4 is 5.32 Å². The fourth-order valence-electron chi connectivity index (χ4n) is 1.63. The van der Waals surface area contributed by atoms with Crippen LogP contribution in [-0.2, 0) is 4.74 Å². The van der Waals surface area contributed by atoms with Gasteiger partial charge in [-0.25, -0.2) is 0 Å². The summed E-state index contributed by atoms with van der Waals surface area (Å²) in [6, 6.07) is 3.01. The Kier molecular flexibility index (Phi) is 2.03. The Morgan fingerprint density at radius 2 is 2.00 bits per heavy atom. The van der Waals surface area contributed by atoms with Crippen LogP contribution >= 0.6 is 0 Å². The van der Waals surface area contributed by atoms with Gasteiger partial charge in [0.15, 0.2) is 0 Å². The molecular weight excluding hydrogens is 152 g/mol. The second kappa shape index (κ2) is 3.04. The smallest absolute Gasteiger partial charge is 0.111 e. The van der Waals surface area contributed by atoms with Gasteiger partial charge >= 0.3 is 0 Å². The zero-order valence-electron chi connectivity index (χ0n) is 7.18. The highest BCUT2D eigenvalue weighted by molar-refractivity contribution is 5.10. The van der Waals surface area contributed by atoms with Crippen LogP contribution in [0, 0.1) is 11.3 Å². The molecule has 1 saturated heterocycles. The third kappa shape index (κ3) is 1.60. The van der Waals surface area contributed by atoms with E-state index in [4.69, 9.17) is 10.00 Å². The molecule has 0 spiro atoms. The predicted octanol–water partition coefficient (Wildman–Crippen LogP) is 0.811. The summed E-state index contributed by atoms with van der Waals surface area (Å²) in [6.45, 7) is 1.46. The van der Waals surface area contributed by atoms with Gasteiger partial charge < -0.3 is 4.74 Å². The minimum atomic E-state index is -0.264. The van der Waals surface area contributed by atoms with E-state index >= 15 is 0 Å². The summed E-state index contributed by atoms with van der Waals surface area (Å²) in [7, 11) is 0. The number of hydrogen-bond donors (Lipinski definition) is 1. The molecule has 0 amide bonds. The van der Waals surface area contributed by atoms with Gasteiger partial charge in [0.2, 0.25) is 0 Å². The summed E-state index contributed by atoms with van der Waals surface area (Å²) in [5, 5.41) is 12.5. The summed E-state index contributed by atoms with van der Waals surface area (Å²) in [4.78, 5) is 0. The van der Waals surface area contributed by atoms with Crippen molar-refractivity contribution in [3.8, 4) is 6.07 Å². The van der Waals surface area contributed by atoms with Gasteiger partial charge in [-0.1, -0.05) is 0 Å². The van der Waals surface area contributed by atoms with Gasteiger partial charge in [0.1, 0.15) is 5.54 Å². The molecule has 0 radical (unpaired) electrons. The Labute approximate surface area is 72.7 Å². The molecule has 0 bridgehead atoms. The third-order valence-electron chi connectivity index (χ3n) is 2.62. The number of ether oxygens (including phenoxy) is 1. The van der Waals surface area contributed by atoms with Crippen molar-refractivity contribution < 1.29 is 4.74 Å². The van der Waals surface area contributed by atoms with Crippen molar-refractivity contribution in [2.75, 3.05) is 13.2 Å². The van der Waals surface area contributed by atoms with Crippen LogP contribution in [0.15, 0.2) is 0 Å². The van der Waals surface area contributed by atoms with Crippen LogP contribution in [0.2, 0.25) is 0 Å². The van der Waals surface area contributed by atoms with Gasteiger partial charge in [-0.15, -0.1) is 0 Å². The Morgan fingerprint density at radius 1 is 1.33 bits per heavy atom. The Morgan fingerprint density at radius 3 is 2.50 bits per heavy atom. The molecule has 0 atom stereocenters. The lowest BCUT2D eigenvalue weighted by Gasteiger charge is -2.31. The molecule has 1 aliphatic heterocycles. The van der Waals surface area contributed by atoms with Crippen LogP contribution in [-0.4, -0.2) is 24.8 Å². The van der Waals surface area contributed by atoms with Crippen molar-refractivity contribution in [2.24, 2.45) is 0 Å². The van der Waals surface area contributed by atoms with Crippen LogP contribution in [0.3, 0.4) is 0 Å². The quantitative estimate of drug-likeness (QED) is 0.660. The van der Waals surface area contributed by atoms with E-state index in [2.05, 4.69) is 11.4 Å². The van der Waals surface area contributed by atoms with Crippen LogP contribution in [0.5, 0.6) is 0 Å². The number of rotatable bonds is 2. The first kappa shape index (κ1) is 8.03. The minimum Gasteiger partial charge on any atom is -0.381 e. The monoisotopic (exact) mass is 166 g/mol. The molecule has 2 rings (SSSR count). The normalized spacial score (nSPS) is 27.9. The van der Waals surface area contributed by atoms with Gasteiger partial charge in [0.05, 0.1) is 6.07 Å². The molecule has 0 aromatic carbocycles. The van der Waals surface area contributed by atoms with E-state index in [1.807, 2.05) is 0 Å². The Hall–Kier alpha value is -0.590. The SMILES string of the molecule is N#CC1(NC2CC2)CCOCC1. The number of nitriles is 1. The van der Waals surface area contributed by atoms with Crippen LogP contribution in [0.1, 0.15) is 25.7 Å². The molecule has 2 aliphatic rings. The highest BCUT2D eigenvalue weighted by atomic mass is 16.5. The van der Waals surface area contributed by atoms with Crippen molar-refractivity contribution in [1.29, 1.82) is 5.26 Å². The molecule has 12 heavy (non-hydrogen) atoms. The maximum atomic E-state index is 9.05. The maximum absolute atomic E-state index is 9.05. The van der Waals surface area contributed by atoms with Crippen molar-refractivity contribution in [3.05, 3.63) is 0 Å². The predicted molar refractivity (Wildman–Crippen MR) is 44.6 cm³/mol. The van der Waals surface area contributed by atoms with E-state index in [9.17, 15) is 0 Å². The zero-order chi connectivity index (χ0) is 8.44. The van der Waals surface area contributed by atoms with E-state index < -0.39 is 0 Å². The summed E-state index contributed by atoms with van der Waals surface area (Å²) in [5.74, 6) is 0. The van der Waals surface area contributed by atoms with Gasteiger partial charge in [-0.05, 0) is 12.8 Å². The molecule has 0 aromatic rings. The van der Waals surface area contributed by atoms with E-state index in [0.29, 0.717) is 6.04 Å². The third-order valence-corrected chi connectivity index (χ3v) is 2.62. The first-order valence-corrected chi connectivity index (χ1v) is 4.61. The number of hydrogen-bond acceptors (Lipinski definition) is 3. The van der Waals surface area contributed by atoms with Crippen molar-refractivity contribution in [2.45, 2.75) is 37.3 Å². The van der Waals surface area contributed by atoms with E-state index in [1.165, 1.54) is 12.8 Å². The van der Waals surface area contributed by atoms with E-state index in [-0.39, 0.29) is 5.54 Å². The molecule has 1 aliphatic carbocycles. The van der Waals surface area contributed by atoms with E-state index in [1.54, 1.807) is 0 Å². The van der Waals surface area contributed by atoms with Crippen LogP contribution in [0.4, 0.5) is 0 Å². The fraction of sp³-hybridized carbons (Fsp3) is 0.889. The average Bonchev–Trinajstić information content (AvgIpc) is 2.90. The van der Waals surface area contributed by atoms with E-state index in [0.717, 1.165) is 26.1 Å². The average molecular weight is 166 g/mol. The zero-order valence-corrected chi connectivity index (χ0v) is 7.18. The molecule has 1 heterocycles. The first-order valence-electron chi connectivity index (χ1n) is 4.61. The summed E-state index contributed by atoms with van der Waals surface area (Å²) >= 11 is 0. The first-order chi connectivity index (χ1) is 5.85. The van der Waals surface area contributed by atoms with Gasteiger partial charge in [-0.2, -0.15) is 5.26 Å². The Bertz CT molecular complexity index is 199. The highest BCUT2D eigenvalue weighted by Crippen LogP contribution is 2.27. The second-order valence-electron chi connectivity index (χ2n) is 3.72. The van der Waals surface area contributed by atoms with Crippen LogP contribution in [0.25, 0.3) is 0 Å². The second-order valence-corrected chi connectivity index (χ2v) is 3.72. The molecular formula is C9H14N2O. The summed E-state index contributed by atoms with van der Waals surface area (Å²) in [6.07, 6.45) is 4.18. The number of nitrogens with one attached hydrogen (secondary N) is 1. The Balaban J connectivity index is 1.96. The van der Waals surface area contributed by atoms with Gasteiger partial charge in [0.25, 0.3) is 0 Å². The van der Waals surface area contributed by atoms with Crippen molar-refractivity contribution in [3.63, 3.8) is 0 Å². The number of nitrogens with zero attached hydrogens (tertiary/aromatic N) is 1. The lowest BCUT2D eigenvalue weighted by atomic mass is 9.92. The molecule has 1 saturated carbocycles. The lowest BCUT2D eigenvalue weighted by molar-refractivity contribution is 0.0573. The minimum absolute atomic E-state index is 0.264. The van der Waals surface area contributed by atoms with Gasteiger partial charge in [-0.3, -0.25) is 5.32 Å². The molecule has 66 valence electrons. The standard InChI is InChI=1S/C9H14N2O/c10-7-9(11-8-1-2-8)3-5-12-6-4-9/h8,11H,1-6H2. The largest absolute Gasteiger partial charge is 0.381 e. The fourth-order valence-corrected chi connectivity index (χ4v) is 1.63. The molecule has 0 aromatic heterocycles. The maximum Gasteiger partial charge on any atom is 0.111 e. The highest BCUT2D eigenvalue weighted by Gasteiger charge is 2.37. The summed E-state index contributed by atoms with van der Waals surface area (Å²) in [5.41, 5.74) is -0.264. The van der Waals surface area contributed by atoms with Crippen molar-refractivity contribution >= 4 is 0 Å². The molecule has 1 N–H and O–H groups in total. The molecule has 3 nitrogen and oxygen atoms in total. The molecule has 3 heteroatoms. The van der Waals surface area contributed by atoms with Gasteiger partial charge in [0, 0.05) is 32.1 Å². The summed E-state index contributed by atoms with van der Waals surface area (Å²) < 4.78 is 5.24. The lowest BCUT2D eigenvalue weighted by Crippen LogP contribution is -2.49.